The van der Waals surface area contributed by atoms with Crippen LogP contribution in [-0.2, 0) is 18.3 Å². The summed E-state index contributed by atoms with van der Waals surface area (Å²) in [5, 5.41) is 11.9. The molecular weight excluding hydrogens is 182 g/mol. The summed E-state index contributed by atoms with van der Waals surface area (Å²) in [6.07, 6.45) is 2.23. The minimum atomic E-state index is -0.802. The Labute approximate surface area is 81.8 Å². The van der Waals surface area contributed by atoms with Crippen molar-refractivity contribution in [3.8, 4) is 0 Å². The van der Waals surface area contributed by atoms with E-state index >= 15 is 0 Å². The van der Waals surface area contributed by atoms with Crippen molar-refractivity contribution in [1.82, 2.24) is 14.9 Å². The average molecular weight is 195 g/mol. The van der Waals surface area contributed by atoms with E-state index in [4.69, 9.17) is 5.11 Å². The molecule has 0 bridgehead atoms. The van der Waals surface area contributed by atoms with E-state index in [0.717, 1.165) is 11.4 Å². The fraction of sp³-hybridized carbons (Fsp3) is 0.556. The molecule has 1 aromatic heterocycles. The SMILES string of the molecule is CC1NC(C(=O)O)Cc2c1ncn2C. The number of nitrogens with one attached hydrogen (secondary N) is 1. The summed E-state index contributed by atoms with van der Waals surface area (Å²) < 4.78 is 1.89. The van der Waals surface area contributed by atoms with Gasteiger partial charge in [-0.15, -0.1) is 0 Å². The summed E-state index contributed by atoms with van der Waals surface area (Å²) in [5.74, 6) is -0.802. The van der Waals surface area contributed by atoms with Crippen molar-refractivity contribution in [2.45, 2.75) is 25.4 Å². The molecule has 1 aromatic rings. The molecule has 0 aromatic carbocycles. The summed E-state index contributed by atoms with van der Waals surface area (Å²) >= 11 is 0. The number of aliphatic carboxylic acids is 1. The third kappa shape index (κ3) is 1.29. The zero-order valence-corrected chi connectivity index (χ0v) is 8.19. The Balaban J connectivity index is 2.35. The molecule has 0 radical (unpaired) electrons. The molecule has 76 valence electrons. The van der Waals surface area contributed by atoms with Crippen LogP contribution in [0, 0.1) is 0 Å². The van der Waals surface area contributed by atoms with Gasteiger partial charge in [0.1, 0.15) is 6.04 Å². The maximum atomic E-state index is 10.9. The first-order valence-corrected chi connectivity index (χ1v) is 4.58. The van der Waals surface area contributed by atoms with Crippen molar-refractivity contribution in [2.24, 2.45) is 7.05 Å². The summed E-state index contributed by atoms with van der Waals surface area (Å²) in [5.41, 5.74) is 1.98. The molecule has 0 spiro atoms. The lowest BCUT2D eigenvalue weighted by Crippen LogP contribution is -2.44. The van der Waals surface area contributed by atoms with Gasteiger partial charge in [-0.25, -0.2) is 4.98 Å². The highest BCUT2D eigenvalue weighted by atomic mass is 16.4. The smallest absolute Gasteiger partial charge is 0.321 e. The number of imidazole rings is 1. The van der Waals surface area contributed by atoms with Crippen LogP contribution >= 0.6 is 0 Å². The second-order valence-corrected chi connectivity index (χ2v) is 3.67. The Kier molecular flexibility index (Phi) is 2.03. The molecule has 2 unspecified atom stereocenters. The quantitative estimate of drug-likeness (QED) is 0.666. The molecule has 1 aliphatic heterocycles. The van der Waals surface area contributed by atoms with Crippen LogP contribution in [0.15, 0.2) is 6.33 Å². The van der Waals surface area contributed by atoms with Crippen LogP contribution in [-0.4, -0.2) is 26.7 Å². The van der Waals surface area contributed by atoms with Gasteiger partial charge in [0.05, 0.1) is 12.0 Å². The van der Waals surface area contributed by atoms with Crippen LogP contribution in [0.3, 0.4) is 0 Å². The minimum Gasteiger partial charge on any atom is -0.480 e. The number of nitrogens with zero attached hydrogens (tertiary/aromatic N) is 2. The van der Waals surface area contributed by atoms with Crippen LogP contribution in [0.5, 0.6) is 0 Å². The lowest BCUT2D eigenvalue weighted by atomic mass is 10.0. The fourth-order valence-electron chi connectivity index (χ4n) is 1.88. The normalized spacial score (nSPS) is 25.9. The zero-order chi connectivity index (χ0) is 10.3. The Bertz CT molecular complexity index is 372. The largest absolute Gasteiger partial charge is 0.480 e. The molecule has 2 rings (SSSR count). The van der Waals surface area contributed by atoms with E-state index in [2.05, 4.69) is 10.3 Å². The number of carbonyl (C=O) groups is 1. The van der Waals surface area contributed by atoms with E-state index in [0.29, 0.717) is 6.42 Å². The van der Waals surface area contributed by atoms with Crippen LogP contribution in [0.4, 0.5) is 0 Å². The molecule has 1 aliphatic rings. The van der Waals surface area contributed by atoms with Gasteiger partial charge in [0.2, 0.25) is 0 Å². The molecule has 0 saturated carbocycles. The first-order valence-electron chi connectivity index (χ1n) is 4.58. The van der Waals surface area contributed by atoms with Crippen LogP contribution in [0.2, 0.25) is 0 Å². The third-order valence-electron chi connectivity index (χ3n) is 2.65. The van der Waals surface area contributed by atoms with Crippen molar-refractivity contribution in [3.05, 3.63) is 17.7 Å². The van der Waals surface area contributed by atoms with Gasteiger partial charge in [0, 0.05) is 25.2 Å². The van der Waals surface area contributed by atoms with Crippen LogP contribution in [0.1, 0.15) is 24.4 Å². The minimum absolute atomic E-state index is 0.0149. The first kappa shape index (κ1) is 9.21. The summed E-state index contributed by atoms with van der Waals surface area (Å²) in [6, 6.07) is -0.478. The molecule has 5 nitrogen and oxygen atoms in total. The Morgan fingerprint density at radius 2 is 2.50 bits per heavy atom. The molecule has 0 aliphatic carbocycles. The second-order valence-electron chi connectivity index (χ2n) is 3.67. The molecule has 0 amide bonds. The lowest BCUT2D eigenvalue weighted by Gasteiger charge is -2.25. The van der Waals surface area contributed by atoms with Crippen molar-refractivity contribution in [2.75, 3.05) is 0 Å². The highest BCUT2D eigenvalue weighted by Crippen LogP contribution is 2.22. The van der Waals surface area contributed by atoms with Gasteiger partial charge in [-0.3, -0.25) is 10.1 Å². The number of aryl methyl sites for hydroxylation is 1. The van der Waals surface area contributed by atoms with Gasteiger partial charge in [-0.1, -0.05) is 0 Å². The third-order valence-corrected chi connectivity index (χ3v) is 2.65. The maximum Gasteiger partial charge on any atom is 0.321 e. The molecule has 2 atom stereocenters. The number of rotatable bonds is 1. The predicted molar refractivity (Wildman–Crippen MR) is 49.9 cm³/mol. The molecular formula is C9H13N3O2. The number of aromatic nitrogens is 2. The number of hydrogen-bond acceptors (Lipinski definition) is 3. The van der Waals surface area contributed by atoms with E-state index in [1.807, 2.05) is 18.5 Å². The zero-order valence-electron chi connectivity index (χ0n) is 8.19. The van der Waals surface area contributed by atoms with Gasteiger partial charge >= 0.3 is 5.97 Å². The Morgan fingerprint density at radius 1 is 1.79 bits per heavy atom. The first-order chi connectivity index (χ1) is 6.59. The molecule has 0 saturated heterocycles. The Hall–Kier alpha value is -1.36. The van der Waals surface area contributed by atoms with Gasteiger partial charge < -0.3 is 9.67 Å². The maximum absolute atomic E-state index is 10.9. The van der Waals surface area contributed by atoms with Gasteiger partial charge in [0.15, 0.2) is 0 Å². The van der Waals surface area contributed by atoms with Gasteiger partial charge in [-0.2, -0.15) is 0 Å². The van der Waals surface area contributed by atoms with Crippen molar-refractivity contribution < 1.29 is 9.90 Å². The van der Waals surface area contributed by atoms with Crippen molar-refractivity contribution in [1.29, 1.82) is 0 Å². The molecule has 14 heavy (non-hydrogen) atoms. The van der Waals surface area contributed by atoms with Crippen molar-refractivity contribution >= 4 is 5.97 Å². The van der Waals surface area contributed by atoms with E-state index in [1.165, 1.54) is 0 Å². The fourth-order valence-corrected chi connectivity index (χ4v) is 1.88. The van der Waals surface area contributed by atoms with E-state index in [9.17, 15) is 4.79 Å². The standard InChI is InChI=1S/C9H13N3O2/c1-5-8-7(12(2)4-10-8)3-6(11-5)9(13)14/h4-6,11H,3H2,1-2H3,(H,13,14). The Morgan fingerprint density at radius 3 is 3.14 bits per heavy atom. The van der Waals surface area contributed by atoms with Crippen LogP contribution in [0.25, 0.3) is 0 Å². The highest BCUT2D eigenvalue weighted by molar-refractivity contribution is 5.74. The molecule has 2 N–H and O–H groups in total. The van der Waals surface area contributed by atoms with Gasteiger partial charge in [-0.05, 0) is 6.92 Å². The van der Waals surface area contributed by atoms with E-state index in [1.54, 1.807) is 6.33 Å². The number of hydrogen-bond donors (Lipinski definition) is 2. The lowest BCUT2D eigenvalue weighted by molar-refractivity contribution is -0.139. The number of fused-ring (bicyclic) bond motifs is 1. The van der Waals surface area contributed by atoms with E-state index in [-0.39, 0.29) is 6.04 Å². The molecule has 2 heterocycles. The predicted octanol–water partition coefficient (Wildman–Crippen LogP) is 0.0800. The van der Waals surface area contributed by atoms with Crippen molar-refractivity contribution in [3.63, 3.8) is 0 Å². The molecule has 5 heteroatoms. The topological polar surface area (TPSA) is 67.2 Å². The summed E-state index contributed by atoms with van der Waals surface area (Å²) in [6.45, 7) is 1.93. The summed E-state index contributed by atoms with van der Waals surface area (Å²) in [4.78, 5) is 15.1. The molecule has 0 fully saturated rings. The van der Waals surface area contributed by atoms with E-state index < -0.39 is 12.0 Å². The average Bonchev–Trinajstić information content (AvgIpc) is 2.48. The summed E-state index contributed by atoms with van der Waals surface area (Å²) in [7, 11) is 1.89. The van der Waals surface area contributed by atoms with Crippen LogP contribution < -0.4 is 5.32 Å². The highest BCUT2D eigenvalue weighted by Gasteiger charge is 2.30. The monoisotopic (exact) mass is 195 g/mol. The van der Waals surface area contributed by atoms with Gasteiger partial charge in [0.25, 0.3) is 0 Å². The second kappa shape index (κ2) is 3.09. The number of carboxylic acid groups (broad SMARTS) is 1. The number of carboxylic acids is 1.